The highest BCUT2D eigenvalue weighted by Crippen LogP contribution is 2.22. The number of aliphatic carboxylic acids is 1. The van der Waals surface area contributed by atoms with E-state index in [4.69, 9.17) is 14.6 Å². The fourth-order valence-electron chi connectivity index (χ4n) is 2.89. The molecule has 0 radical (unpaired) electrons. The van der Waals surface area contributed by atoms with Gasteiger partial charge in [-0.2, -0.15) is 18.3 Å². The Hall–Kier alpha value is -3.48. The van der Waals surface area contributed by atoms with Gasteiger partial charge in [-0.05, 0) is 24.6 Å². The third-order valence-corrected chi connectivity index (χ3v) is 4.35. The average Bonchev–Trinajstić information content (AvgIpc) is 3.21. The number of amides is 2. The van der Waals surface area contributed by atoms with Crippen LogP contribution < -0.4 is 5.32 Å². The lowest BCUT2D eigenvalue weighted by Gasteiger charge is -2.33. The van der Waals surface area contributed by atoms with Crippen LogP contribution in [0.2, 0.25) is 0 Å². The molecule has 2 amide bonds. The van der Waals surface area contributed by atoms with Crippen molar-refractivity contribution in [3.05, 3.63) is 47.5 Å². The number of ether oxygens (including phenoxy) is 1. The Morgan fingerprint density at radius 3 is 2.59 bits per heavy atom. The predicted molar refractivity (Wildman–Crippen MR) is 104 cm³/mol. The maximum Gasteiger partial charge on any atom is 0.490 e. The molecule has 1 aliphatic heterocycles. The number of alkyl halides is 3. The first-order valence-electron chi connectivity index (χ1n) is 9.34. The molecule has 0 aliphatic carbocycles. The van der Waals surface area contributed by atoms with Gasteiger partial charge in [-0.25, -0.2) is 4.79 Å². The van der Waals surface area contributed by atoms with E-state index >= 15 is 0 Å². The van der Waals surface area contributed by atoms with Crippen LogP contribution in [0, 0.1) is 6.92 Å². The minimum absolute atomic E-state index is 0.140. The van der Waals surface area contributed by atoms with Crippen LogP contribution in [0.1, 0.15) is 27.7 Å². The number of carboxylic acid groups (broad SMARTS) is 1. The van der Waals surface area contributed by atoms with Crippen molar-refractivity contribution in [2.45, 2.75) is 25.7 Å². The van der Waals surface area contributed by atoms with Crippen LogP contribution >= 0.6 is 0 Å². The van der Waals surface area contributed by atoms with Gasteiger partial charge >= 0.3 is 12.1 Å². The lowest BCUT2D eigenvalue weighted by atomic mass is 10.1. The standard InChI is InChI=1S/C17H21N5O3.C2HF3O2/c1-12-7-13(9-18-8-12)17(24)21-10-14-3-4-20-22(14)15(11-21)16(23)19-5-6-25-2;3-2(4,5)1(6)7/h3-4,7-9,15H,5-6,10-11H2,1-2H3,(H,19,23);(H,6,7). The first kappa shape index (κ1) is 24.8. The van der Waals surface area contributed by atoms with Crippen LogP contribution in [0.4, 0.5) is 13.2 Å². The Kier molecular flexibility index (Phi) is 8.29. The summed E-state index contributed by atoms with van der Waals surface area (Å²) >= 11 is 0. The largest absolute Gasteiger partial charge is 0.490 e. The Bertz CT molecular complexity index is 963. The number of pyridine rings is 1. The summed E-state index contributed by atoms with van der Waals surface area (Å²) in [6.45, 7) is 3.41. The minimum Gasteiger partial charge on any atom is -0.475 e. The van der Waals surface area contributed by atoms with Crippen LogP contribution in [-0.4, -0.2) is 75.5 Å². The Morgan fingerprint density at radius 1 is 1.31 bits per heavy atom. The van der Waals surface area contributed by atoms with E-state index in [9.17, 15) is 22.8 Å². The topological polar surface area (TPSA) is 127 Å². The number of hydrogen-bond donors (Lipinski definition) is 2. The number of aryl methyl sites for hydroxylation is 1. The molecule has 2 aromatic rings. The van der Waals surface area contributed by atoms with Gasteiger partial charge in [0.15, 0.2) is 0 Å². The smallest absolute Gasteiger partial charge is 0.475 e. The summed E-state index contributed by atoms with van der Waals surface area (Å²) in [5.41, 5.74) is 2.26. The number of aromatic nitrogens is 3. The average molecular weight is 457 g/mol. The number of rotatable bonds is 5. The van der Waals surface area contributed by atoms with E-state index in [0.29, 0.717) is 25.3 Å². The van der Waals surface area contributed by atoms with Crippen molar-refractivity contribution in [1.29, 1.82) is 0 Å². The van der Waals surface area contributed by atoms with Crippen molar-refractivity contribution >= 4 is 17.8 Å². The molecule has 2 aromatic heterocycles. The zero-order valence-corrected chi connectivity index (χ0v) is 17.3. The van der Waals surface area contributed by atoms with Crippen molar-refractivity contribution in [2.75, 3.05) is 26.8 Å². The molecule has 174 valence electrons. The summed E-state index contributed by atoms with van der Waals surface area (Å²) < 4.78 is 38.4. The number of methoxy groups -OCH3 is 1. The number of halogens is 3. The molecule has 1 unspecified atom stereocenters. The van der Waals surface area contributed by atoms with Gasteiger partial charge in [0.1, 0.15) is 6.04 Å². The number of hydrogen-bond acceptors (Lipinski definition) is 6. The first-order chi connectivity index (χ1) is 15.0. The molecule has 3 rings (SSSR count). The number of nitrogens with one attached hydrogen (secondary N) is 1. The quantitative estimate of drug-likeness (QED) is 0.646. The van der Waals surface area contributed by atoms with Gasteiger partial charge in [-0.15, -0.1) is 0 Å². The van der Waals surface area contributed by atoms with Crippen molar-refractivity contribution in [1.82, 2.24) is 25.0 Å². The van der Waals surface area contributed by atoms with Crippen molar-refractivity contribution < 1.29 is 37.4 Å². The molecule has 0 spiro atoms. The molecule has 1 atom stereocenters. The second kappa shape index (κ2) is 10.7. The van der Waals surface area contributed by atoms with Gasteiger partial charge in [0.25, 0.3) is 5.91 Å². The van der Waals surface area contributed by atoms with E-state index in [0.717, 1.165) is 11.3 Å². The third kappa shape index (κ3) is 6.51. The maximum absolute atomic E-state index is 12.8. The highest BCUT2D eigenvalue weighted by Gasteiger charge is 2.38. The van der Waals surface area contributed by atoms with Crippen molar-refractivity contribution in [3.8, 4) is 0 Å². The number of carbonyl (C=O) groups is 3. The monoisotopic (exact) mass is 457 g/mol. The Morgan fingerprint density at radius 2 is 2.00 bits per heavy atom. The zero-order chi connectivity index (χ0) is 23.9. The molecule has 2 N–H and O–H groups in total. The molecule has 0 saturated heterocycles. The van der Waals surface area contributed by atoms with Crippen molar-refractivity contribution in [2.24, 2.45) is 0 Å². The van der Waals surface area contributed by atoms with Gasteiger partial charge in [-0.3, -0.25) is 19.3 Å². The second-order valence-electron chi connectivity index (χ2n) is 6.81. The highest BCUT2D eigenvalue weighted by molar-refractivity contribution is 5.94. The van der Waals surface area contributed by atoms with Crippen LogP contribution in [0.15, 0.2) is 30.7 Å². The third-order valence-electron chi connectivity index (χ3n) is 4.35. The molecule has 0 aromatic carbocycles. The van der Waals surface area contributed by atoms with Gasteiger partial charge in [0.05, 0.1) is 31.0 Å². The molecular weight excluding hydrogens is 435 g/mol. The molecule has 3 heterocycles. The first-order valence-corrected chi connectivity index (χ1v) is 9.34. The maximum atomic E-state index is 12.8. The van der Waals surface area contributed by atoms with Gasteiger partial charge in [0.2, 0.25) is 5.91 Å². The van der Waals surface area contributed by atoms with Crippen LogP contribution in [0.25, 0.3) is 0 Å². The molecule has 0 saturated carbocycles. The normalized spacial score (nSPS) is 15.3. The van der Waals surface area contributed by atoms with E-state index in [1.807, 2.05) is 13.0 Å². The molecular formula is C19H22F3N5O5. The van der Waals surface area contributed by atoms with E-state index in [2.05, 4.69) is 15.4 Å². The lowest BCUT2D eigenvalue weighted by molar-refractivity contribution is -0.192. The summed E-state index contributed by atoms with van der Waals surface area (Å²) in [4.78, 5) is 40.0. The molecule has 32 heavy (non-hydrogen) atoms. The molecule has 1 aliphatic rings. The number of nitrogens with zero attached hydrogens (tertiary/aromatic N) is 4. The van der Waals surface area contributed by atoms with Crippen molar-refractivity contribution in [3.63, 3.8) is 0 Å². The van der Waals surface area contributed by atoms with E-state index in [-0.39, 0.29) is 18.4 Å². The Balaban J connectivity index is 0.000000451. The van der Waals surface area contributed by atoms with E-state index in [1.54, 1.807) is 41.3 Å². The van der Waals surface area contributed by atoms with Crippen LogP contribution in [0.5, 0.6) is 0 Å². The molecule has 0 fully saturated rings. The molecule has 13 heteroatoms. The highest BCUT2D eigenvalue weighted by atomic mass is 19.4. The predicted octanol–water partition coefficient (Wildman–Crippen LogP) is 1.18. The molecule has 10 nitrogen and oxygen atoms in total. The van der Waals surface area contributed by atoms with Gasteiger partial charge in [-0.1, -0.05) is 0 Å². The van der Waals surface area contributed by atoms with Gasteiger partial charge < -0.3 is 20.1 Å². The molecule has 0 bridgehead atoms. The Labute approximate surface area is 181 Å². The summed E-state index contributed by atoms with van der Waals surface area (Å²) in [5, 5.41) is 14.2. The fourth-order valence-corrected chi connectivity index (χ4v) is 2.89. The van der Waals surface area contributed by atoms with Crippen LogP contribution in [0.3, 0.4) is 0 Å². The zero-order valence-electron chi connectivity index (χ0n) is 17.3. The number of carbonyl (C=O) groups excluding carboxylic acids is 2. The summed E-state index contributed by atoms with van der Waals surface area (Å²) in [6, 6.07) is 3.07. The summed E-state index contributed by atoms with van der Waals surface area (Å²) in [5.74, 6) is -3.08. The number of fused-ring (bicyclic) bond motifs is 1. The second-order valence-corrected chi connectivity index (χ2v) is 6.81. The lowest BCUT2D eigenvalue weighted by Crippen LogP contribution is -2.47. The summed E-state index contributed by atoms with van der Waals surface area (Å²) in [6.07, 6.45) is -0.185. The van der Waals surface area contributed by atoms with E-state index in [1.165, 1.54) is 0 Å². The number of carboxylic acids is 1. The SMILES string of the molecule is COCCNC(=O)C1CN(C(=O)c2cncc(C)c2)Cc2ccnn21.O=C(O)C(F)(F)F. The van der Waals surface area contributed by atoms with Crippen LogP contribution in [-0.2, 0) is 20.9 Å². The summed E-state index contributed by atoms with van der Waals surface area (Å²) in [7, 11) is 1.58. The van der Waals surface area contributed by atoms with E-state index < -0.39 is 18.2 Å². The van der Waals surface area contributed by atoms with Gasteiger partial charge in [0, 0.05) is 32.2 Å². The fraction of sp³-hybridized carbons (Fsp3) is 0.421. The minimum atomic E-state index is -5.08.